The number of pyridine rings is 1. The van der Waals surface area contributed by atoms with Crippen molar-refractivity contribution in [2.24, 2.45) is 7.05 Å². The molecule has 0 saturated heterocycles. The predicted octanol–water partition coefficient (Wildman–Crippen LogP) is 6.30. The van der Waals surface area contributed by atoms with Crippen molar-refractivity contribution in [2.45, 2.75) is 56.4 Å². The van der Waals surface area contributed by atoms with Crippen molar-refractivity contribution in [3.63, 3.8) is 0 Å². The van der Waals surface area contributed by atoms with Gasteiger partial charge in [-0.3, -0.25) is 14.6 Å². The number of anilines is 1. The van der Waals surface area contributed by atoms with Crippen LogP contribution in [0.5, 0.6) is 5.88 Å². The first kappa shape index (κ1) is 33.3. The van der Waals surface area contributed by atoms with Crippen LogP contribution in [0.2, 0.25) is 0 Å². The van der Waals surface area contributed by atoms with Crippen LogP contribution in [0.1, 0.15) is 45.1 Å². The van der Waals surface area contributed by atoms with Gasteiger partial charge in [0.1, 0.15) is 12.0 Å². The number of amides is 3. The van der Waals surface area contributed by atoms with Crippen LogP contribution in [-0.2, 0) is 11.8 Å². The topological polar surface area (TPSA) is 143 Å². The number of aromatic nitrogens is 6. The molecule has 3 N–H and O–H groups in total. The normalized spacial score (nSPS) is 19.1. The minimum absolute atomic E-state index is 0.0370. The number of carbonyl (C=O) groups is 2. The maximum atomic E-state index is 13.8. The van der Waals surface area contributed by atoms with Crippen LogP contribution in [0, 0.1) is 0 Å². The van der Waals surface area contributed by atoms with Crippen molar-refractivity contribution in [3.05, 3.63) is 78.8 Å². The Morgan fingerprint density at radius 1 is 1.06 bits per heavy atom. The highest BCUT2D eigenvalue weighted by molar-refractivity contribution is 8.00. The van der Waals surface area contributed by atoms with E-state index in [1.54, 1.807) is 29.0 Å². The van der Waals surface area contributed by atoms with Gasteiger partial charge in [-0.2, -0.15) is 10.2 Å². The first-order valence-electron chi connectivity index (χ1n) is 16.9. The van der Waals surface area contributed by atoms with E-state index in [1.165, 1.54) is 5.57 Å². The highest BCUT2D eigenvalue weighted by Crippen LogP contribution is 2.42. The molecule has 1 saturated carbocycles. The Hall–Kier alpha value is -5.17. The second kappa shape index (κ2) is 14.0. The first-order chi connectivity index (χ1) is 24.2. The standard InChI is InChI=1S/C37H41N9O3S/c1-23(2)49-32-12-9-27(21-38-32)33-30-19-28(10-11-31(30)42-43-33)40-35(47)37(50-4)16-13-29(20-37)41-36(48)46-17-14-25(15-18-46)24-5-7-26(8-6-24)34-39-22-45(3)44-34/h5-12,14,19,21-23,29H,13,15-18,20H2,1-4H3,(H,40,47)(H,41,48)(H,42,43)/t29?,37-/m0/s1. The molecule has 1 aliphatic carbocycles. The molecule has 0 radical (unpaired) electrons. The summed E-state index contributed by atoms with van der Waals surface area (Å²) in [6.07, 6.45) is 10.3. The van der Waals surface area contributed by atoms with Gasteiger partial charge in [-0.05, 0) is 81.2 Å². The number of aromatic amines is 1. The molecule has 7 rings (SSSR count). The fourth-order valence-corrected chi connectivity index (χ4v) is 7.62. The smallest absolute Gasteiger partial charge is 0.317 e. The molecule has 1 fully saturated rings. The Bertz CT molecular complexity index is 2040. The minimum atomic E-state index is -0.645. The largest absolute Gasteiger partial charge is 0.475 e. The molecule has 2 aromatic carbocycles. The summed E-state index contributed by atoms with van der Waals surface area (Å²) in [5.74, 6) is 1.20. The molecule has 0 spiro atoms. The maximum absolute atomic E-state index is 13.8. The molecule has 12 nitrogen and oxygen atoms in total. The number of benzene rings is 2. The SMILES string of the molecule is CS[C@@]1(C(=O)Nc2ccc3[nH]nc(-c4ccc(OC(C)C)nc4)c3c2)CCC(NC(=O)N2CC=C(c3ccc(-c4ncn(C)n4)cc3)CC2)C1. The van der Waals surface area contributed by atoms with Gasteiger partial charge in [0.25, 0.3) is 0 Å². The van der Waals surface area contributed by atoms with Gasteiger partial charge >= 0.3 is 6.03 Å². The average Bonchev–Trinajstić information content (AvgIpc) is 3.87. The maximum Gasteiger partial charge on any atom is 0.317 e. The fraction of sp³-hybridized carbons (Fsp3) is 0.351. The molecule has 13 heteroatoms. The molecule has 1 aliphatic heterocycles. The second-order valence-electron chi connectivity index (χ2n) is 13.2. The lowest BCUT2D eigenvalue weighted by Crippen LogP contribution is -2.47. The minimum Gasteiger partial charge on any atom is -0.475 e. The molecule has 2 atom stereocenters. The number of nitrogens with zero attached hydrogens (tertiary/aromatic N) is 6. The fourth-order valence-electron chi connectivity index (χ4n) is 6.69. The lowest BCUT2D eigenvalue weighted by molar-refractivity contribution is -0.118. The number of rotatable bonds is 9. The average molecular weight is 692 g/mol. The number of urea groups is 1. The zero-order chi connectivity index (χ0) is 34.8. The molecule has 258 valence electrons. The molecule has 3 aromatic heterocycles. The molecular weight excluding hydrogens is 651 g/mol. The van der Waals surface area contributed by atoms with E-state index in [2.05, 4.69) is 54.1 Å². The number of fused-ring (bicyclic) bond motifs is 1. The third-order valence-corrected chi connectivity index (χ3v) is 10.7. The van der Waals surface area contributed by atoms with E-state index >= 15 is 0 Å². The summed E-state index contributed by atoms with van der Waals surface area (Å²) in [5.41, 5.74) is 6.48. The summed E-state index contributed by atoms with van der Waals surface area (Å²) in [6.45, 7) is 5.09. The number of hydrogen-bond acceptors (Lipinski definition) is 8. The molecule has 4 heterocycles. The number of aryl methyl sites for hydroxylation is 1. The van der Waals surface area contributed by atoms with Crippen molar-refractivity contribution in [1.29, 1.82) is 0 Å². The van der Waals surface area contributed by atoms with Gasteiger partial charge in [0.15, 0.2) is 5.82 Å². The summed E-state index contributed by atoms with van der Waals surface area (Å²) in [4.78, 5) is 37.7. The summed E-state index contributed by atoms with van der Waals surface area (Å²) >= 11 is 1.55. The van der Waals surface area contributed by atoms with Gasteiger partial charge in [-0.1, -0.05) is 30.3 Å². The van der Waals surface area contributed by atoms with Crippen molar-refractivity contribution in [1.82, 2.24) is 40.2 Å². The number of hydrogen-bond donors (Lipinski definition) is 3. The highest BCUT2D eigenvalue weighted by Gasteiger charge is 2.45. The van der Waals surface area contributed by atoms with E-state index in [1.807, 2.05) is 74.5 Å². The number of thioether (sulfide) groups is 1. The van der Waals surface area contributed by atoms with Crippen LogP contribution in [0.3, 0.4) is 0 Å². The predicted molar refractivity (Wildman–Crippen MR) is 197 cm³/mol. The molecule has 0 bridgehead atoms. The van der Waals surface area contributed by atoms with Crippen LogP contribution >= 0.6 is 11.8 Å². The molecule has 2 aliphatic rings. The van der Waals surface area contributed by atoms with E-state index in [4.69, 9.17) is 4.74 Å². The van der Waals surface area contributed by atoms with E-state index in [9.17, 15) is 9.59 Å². The Kier molecular flexibility index (Phi) is 9.32. The highest BCUT2D eigenvalue weighted by atomic mass is 32.2. The van der Waals surface area contributed by atoms with Crippen molar-refractivity contribution in [2.75, 3.05) is 24.7 Å². The third kappa shape index (κ3) is 6.95. The zero-order valence-corrected chi connectivity index (χ0v) is 29.5. The van der Waals surface area contributed by atoms with E-state index in [0.29, 0.717) is 43.3 Å². The Morgan fingerprint density at radius 3 is 2.54 bits per heavy atom. The Morgan fingerprint density at radius 2 is 1.86 bits per heavy atom. The first-order valence-corrected chi connectivity index (χ1v) is 18.1. The van der Waals surface area contributed by atoms with E-state index in [-0.39, 0.29) is 24.1 Å². The van der Waals surface area contributed by atoms with Gasteiger partial charge < -0.3 is 20.3 Å². The molecule has 1 unspecified atom stereocenters. The summed E-state index contributed by atoms with van der Waals surface area (Å²) in [7, 11) is 1.85. The van der Waals surface area contributed by atoms with Gasteiger partial charge in [-0.25, -0.2) is 14.8 Å². The Labute approximate surface area is 295 Å². The number of H-pyrrole nitrogens is 1. The van der Waals surface area contributed by atoms with E-state index < -0.39 is 4.75 Å². The summed E-state index contributed by atoms with van der Waals surface area (Å²) < 4.78 is 6.72. The lowest BCUT2D eigenvalue weighted by atomic mass is 9.98. The quantitative estimate of drug-likeness (QED) is 0.164. The van der Waals surface area contributed by atoms with Crippen LogP contribution < -0.4 is 15.4 Å². The lowest BCUT2D eigenvalue weighted by Gasteiger charge is -2.29. The van der Waals surface area contributed by atoms with Gasteiger partial charge in [0.05, 0.1) is 16.4 Å². The molecular formula is C37H41N9O3S. The molecule has 5 aromatic rings. The second-order valence-corrected chi connectivity index (χ2v) is 14.4. The molecule has 3 amide bonds. The summed E-state index contributed by atoms with van der Waals surface area (Å²) in [6, 6.07) is 17.6. The van der Waals surface area contributed by atoms with Crippen LogP contribution in [0.25, 0.3) is 39.1 Å². The van der Waals surface area contributed by atoms with Crippen molar-refractivity contribution in [3.8, 4) is 28.5 Å². The van der Waals surface area contributed by atoms with Crippen molar-refractivity contribution < 1.29 is 14.3 Å². The Balaban J connectivity index is 0.955. The van der Waals surface area contributed by atoms with Gasteiger partial charge in [-0.15, -0.1) is 11.8 Å². The summed E-state index contributed by atoms with van der Waals surface area (Å²) in [5, 5.41) is 19.2. The monoisotopic (exact) mass is 691 g/mol. The zero-order valence-electron chi connectivity index (χ0n) is 28.6. The number of carbonyl (C=O) groups excluding carboxylic acids is 2. The van der Waals surface area contributed by atoms with Gasteiger partial charge in [0.2, 0.25) is 11.8 Å². The third-order valence-electron chi connectivity index (χ3n) is 9.40. The van der Waals surface area contributed by atoms with Crippen LogP contribution in [-0.4, -0.2) is 83.0 Å². The van der Waals surface area contributed by atoms with Gasteiger partial charge in [0, 0.05) is 60.6 Å². The molecule has 50 heavy (non-hydrogen) atoms. The number of nitrogens with one attached hydrogen (secondary N) is 3. The van der Waals surface area contributed by atoms with Crippen LogP contribution in [0.4, 0.5) is 10.5 Å². The van der Waals surface area contributed by atoms with E-state index in [0.717, 1.165) is 46.1 Å². The number of ether oxygens (including phenoxy) is 1. The van der Waals surface area contributed by atoms with Crippen LogP contribution in [0.15, 0.2) is 73.2 Å². The van der Waals surface area contributed by atoms with Crippen molar-refractivity contribution >= 4 is 45.9 Å².